The summed E-state index contributed by atoms with van der Waals surface area (Å²) < 4.78 is 5.96. The smallest absolute Gasteiger partial charge is 0.170 e. The molecule has 0 fully saturated rings. The molecule has 1 unspecified atom stereocenters. The van der Waals surface area contributed by atoms with E-state index in [1.165, 1.54) is 0 Å². The van der Waals surface area contributed by atoms with E-state index in [0.29, 0.717) is 5.82 Å². The highest BCUT2D eigenvalue weighted by molar-refractivity contribution is 7.99. The molecule has 1 aliphatic heterocycles. The first-order valence-corrected chi connectivity index (χ1v) is 7.53. The number of thioether (sulfide) groups is 1. The summed E-state index contributed by atoms with van der Waals surface area (Å²) in [6, 6.07) is 7.99. The number of ether oxygens (including phenoxy) is 1. The van der Waals surface area contributed by atoms with E-state index in [1.807, 2.05) is 25.1 Å². The van der Waals surface area contributed by atoms with Crippen molar-refractivity contribution < 1.29 is 9.84 Å². The first-order chi connectivity index (χ1) is 9.65. The third-order valence-electron chi connectivity index (χ3n) is 3.28. The van der Waals surface area contributed by atoms with Gasteiger partial charge in [-0.1, -0.05) is 12.1 Å². The third-order valence-corrected chi connectivity index (χ3v) is 4.40. The Morgan fingerprint density at radius 2 is 2.20 bits per heavy atom. The van der Waals surface area contributed by atoms with Crippen LogP contribution in [0.4, 0.5) is 0 Å². The number of rotatable bonds is 2. The standard InChI is InChI=1S/C15H16N2O2S/c1-9-11(10(2)18)7-16-15(17-9)13-8-20-14-6-4-3-5-12(14)19-13/h3-7,10,13,18H,8H2,1-2H3/t10-,13?/m1/s1. The molecule has 104 valence electrons. The Hall–Kier alpha value is -1.59. The SMILES string of the molecule is Cc1nc(C2CSc3ccccc3O2)ncc1[C@@H](C)O. The van der Waals surface area contributed by atoms with Gasteiger partial charge in [0.2, 0.25) is 0 Å². The van der Waals surface area contributed by atoms with Crippen molar-refractivity contribution in [3.63, 3.8) is 0 Å². The largest absolute Gasteiger partial charge is 0.480 e. The van der Waals surface area contributed by atoms with Gasteiger partial charge in [-0.15, -0.1) is 11.8 Å². The van der Waals surface area contributed by atoms with E-state index in [2.05, 4.69) is 16.0 Å². The fourth-order valence-electron chi connectivity index (χ4n) is 2.21. The predicted octanol–water partition coefficient (Wildman–Crippen LogP) is 3.06. The lowest BCUT2D eigenvalue weighted by Crippen LogP contribution is -2.18. The molecule has 0 amide bonds. The molecule has 0 aliphatic carbocycles. The summed E-state index contributed by atoms with van der Waals surface area (Å²) in [6.45, 7) is 3.60. The molecule has 0 saturated heterocycles. The molecule has 3 rings (SSSR count). The van der Waals surface area contributed by atoms with Crippen LogP contribution < -0.4 is 4.74 Å². The van der Waals surface area contributed by atoms with Crippen LogP contribution >= 0.6 is 11.8 Å². The van der Waals surface area contributed by atoms with Gasteiger partial charge in [-0.2, -0.15) is 0 Å². The minimum absolute atomic E-state index is 0.142. The van der Waals surface area contributed by atoms with E-state index in [1.54, 1.807) is 24.9 Å². The average molecular weight is 288 g/mol. The molecular weight excluding hydrogens is 272 g/mol. The Morgan fingerprint density at radius 3 is 2.95 bits per heavy atom. The first kappa shape index (κ1) is 13.4. The maximum Gasteiger partial charge on any atom is 0.170 e. The van der Waals surface area contributed by atoms with Crippen LogP contribution in [0.1, 0.15) is 36.2 Å². The second-order valence-electron chi connectivity index (χ2n) is 4.81. The number of para-hydroxylation sites is 1. The maximum absolute atomic E-state index is 9.62. The van der Waals surface area contributed by atoms with Crippen LogP contribution in [0.2, 0.25) is 0 Å². The molecule has 4 nitrogen and oxygen atoms in total. The van der Waals surface area contributed by atoms with Crippen molar-refractivity contribution >= 4 is 11.8 Å². The Morgan fingerprint density at radius 1 is 1.40 bits per heavy atom. The van der Waals surface area contributed by atoms with E-state index < -0.39 is 6.10 Å². The summed E-state index contributed by atoms with van der Waals surface area (Å²) in [6.07, 6.45) is 1.000. The van der Waals surface area contributed by atoms with Crippen molar-refractivity contribution in [2.75, 3.05) is 5.75 Å². The number of hydrogen-bond donors (Lipinski definition) is 1. The second-order valence-corrected chi connectivity index (χ2v) is 5.87. The second kappa shape index (κ2) is 5.42. The van der Waals surface area contributed by atoms with Gasteiger partial charge in [0.25, 0.3) is 0 Å². The number of aryl methyl sites for hydroxylation is 1. The quantitative estimate of drug-likeness (QED) is 0.920. The molecule has 5 heteroatoms. The number of aliphatic hydroxyl groups is 1. The van der Waals surface area contributed by atoms with Crippen molar-refractivity contribution in [1.82, 2.24) is 9.97 Å². The van der Waals surface area contributed by atoms with Crippen LogP contribution in [0.5, 0.6) is 5.75 Å². The molecule has 2 atom stereocenters. The summed E-state index contributed by atoms with van der Waals surface area (Å²) in [4.78, 5) is 9.98. The fraction of sp³-hybridized carbons (Fsp3) is 0.333. The first-order valence-electron chi connectivity index (χ1n) is 6.55. The number of nitrogens with zero attached hydrogens (tertiary/aromatic N) is 2. The van der Waals surface area contributed by atoms with Crippen molar-refractivity contribution in [1.29, 1.82) is 0 Å². The van der Waals surface area contributed by atoms with Gasteiger partial charge in [0.05, 0.1) is 6.10 Å². The van der Waals surface area contributed by atoms with Crippen LogP contribution in [0, 0.1) is 6.92 Å². The number of hydrogen-bond acceptors (Lipinski definition) is 5. The van der Waals surface area contributed by atoms with E-state index in [0.717, 1.165) is 27.7 Å². The molecule has 2 heterocycles. The number of fused-ring (bicyclic) bond motifs is 1. The van der Waals surface area contributed by atoms with Gasteiger partial charge in [0, 0.05) is 28.1 Å². The van der Waals surface area contributed by atoms with Crippen molar-refractivity contribution in [2.24, 2.45) is 0 Å². The molecular formula is C15H16N2O2S. The molecule has 0 saturated carbocycles. The number of aliphatic hydroxyl groups excluding tert-OH is 1. The zero-order valence-electron chi connectivity index (χ0n) is 11.4. The zero-order valence-corrected chi connectivity index (χ0v) is 12.2. The van der Waals surface area contributed by atoms with Crippen molar-refractivity contribution in [3.8, 4) is 5.75 Å². The van der Waals surface area contributed by atoms with Gasteiger partial charge in [-0.05, 0) is 26.0 Å². The molecule has 1 aromatic carbocycles. The normalized spacial score (nSPS) is 19.1. The van der Waals surface area contributed by atoms with Crippen LogP contribution in [0.25, 0.3) is 0 Å². The van der Waals surface area contributed by atoms with Gasteiger partial charge in [-0.3, -0.25) is 0 Å². The number of aromatic nitrogens is 2. The van der Waals surface area contributed by atoms with Crippen molar-refractivity contribution in [3.05, 3.63) is 47.5 Å². The molecule has 1 aliphatic rings. The van der Waals surface area contributed by atoms with Gasteiger partial charge >= 0.3 is 0 Å². The highest BCUT2D eigenvalue weighted by Gasteiger charge is 2.24. The Balaban J connectivity index is 1.86. The van der Waals surface area contributed by atoms with Crippen LogP contribution in [-0.4, -0.2) is 20.8 Å². The highest BCUT2D eigenvalue weighted by Crippen LogP contribution is 2.39. The van der Waals surface area contributed by atoms with Gasteiger partial charge < -0.3 is 9.84 Å². The van der Waals surface area contributed by atoms with E-state index in [-0.39, 0.29) is 6.10 Å². The zero-order chi connectivity index (χ0) is 14.1. The molecule has 2 aromatic rings. The molecule has 0 radical (unpaired) electrons. The lowest BCUT2D eigenvalue weighted by Gasteiger charge is -2.24. The Bertz CT molecular complexity index is 631. The predicted molar refractivity (Wildman–Crippen MR) is 77.9 cm³/mol. The lowest BCUT2D eigenvalue weighted by molar-refractivity contribution is 0.194. The highest BCUT2D eigenvalue weighted by atomic mass is 32.2. The van der Waals surface area contributed by atoms with Crippen LogP contribution in [0.15, 0.2) is 35.4 Å². The summed E-state index contributed by atoms with van der Waals surface area (Å²) in [5, 5.41) is 9.62. The topological polar surface area (TPSA) is 55.2 Å². The average Bonchev–Trinajstić information content (AvgIpc) is 2.46. The van der Waals surface area contributed by atoms with Crippen LogP contribution in [0.3, 0.4) is 0 Å². The lowest BCUT2D eigenvalue weighted by atomic mass is 10.1. The van der Waals surface area contributed by atoms with Crippen LogP contribution in [-0.2, 0) is 0 Å². The molecule has 1 aromatic heterocycles. The monoisotopic (exact) mass is 288 g/mol. The summed E-state index contributed by atoms with van der Waals surface area (Å²) in [7, 11) is 0. The number of benzene rings is 1. The van der Waals surface area contributed by atoms with Gasteiger partial charge in [0.1, 0.15) is 5.75 Å². The summed E-state index contributed by atoms with van der Waals surface area (Å²) in [5.41, 5.74) is 1.56. The molecule has 0 spiro atoms. The van der Waals surface area contributed by atoms with E-state index in [9.17, 15) is 5.11 Å². The van der Waals surface area contributed by atoms with Crippen molar-refractivity contribution in [2.45, 2.75) is 31.0 Å². The summed E-state index contributed by atoms with van der Waals surface area (Å²) >= 11 is 1.75. The Kier molecular flexibility index (Phi) is 3.63. The summed E-state index contributed by atoms with van der Waals surface area (Å²) in [5.74, 6) is 2.35. The minimum Gasteiger partial charge on any atom is -0.480 e. The van der Waals surface area contributed by atoms with E-state index >= 15 is 0 Å². The Labute approximate surface area is 122 Å². The maximum atomic E-state index is 9.62. The van der Waals surface area contributed by atoms with Gasteiger partial charge in [0.15, 0.2) is 11.9 Å². The van der Waals surface area contributed by atoms with E-state index in [4.69, 9.17) is 4.74 Å². The molecule has 20 heavy (non-hydrogen) atoms. The van der Waals surface area contributed by atoms with Gasteiger partial charge in [-0.25, -0.2) is 9.97 Å². The molecule has 0 bridgehead atoms. The fourth-order valence-corrected chi connectivity index (χ4v) is 3.19. The molecule has 1 N–H and O–H groups in total. The minimum atomic E-state index is -0.550. The third kappa shape index (κ3) is 2.51.